The average molecular weight is 596 g/mol. The Labute approximate surface area is 255 Å². The van der Waals surface area contributed by atoms with Crippen LogP contribution in [0.25, 0.3) is 0 Å². The molecule has 0 spiro atoms. The third-order valence-corrected chi connectivity index (χ3v) is 8.93. The Hall–Kier alpha value is -3.79. The van der Waals surface area contributed by atoms with Gasteiger partial charge in [-0.1, -0.05) is 102 Å². The maximum absolute atomic E-state index is 13.9. The minimum absolute atomic E-state index is 0.219. The smallest absolute Gasteiger partial charge is 0.262 e. The summed E-state index contributed by atoms with van der Waals surface area (Å²) in [5.74, 6) is -0.803. The van der Waals surface area contributed by atoms with Crippen molar-refractivity contribution in [1.82, 2.24) is 4.90 Å². The van der Waals surface area contributed by atoms with E-state index in [1.807, 2.05) is 91.9 Å². The van der Waals surface area contributed by atoms with Gasteiger partial charge in [-0.3, -0.25) is 14.5 Å². The van der Waals surface area contributed by atoms with Gasteiger partial charge in [0.2, 0.25) is 0 Å². The van der Waals surface area contributed by atoms with Gasteiger partial charge in [-0.25, -0.2) is 0 Å². The second-order valence-electron chi connectivity index (χ2n) is 10.7. The first kappa shape index (κ1) is 29.3. The SMILES string of the molecule is Cc1ccc(S[C@@H]2O[C@H](CO)[C@@H](OCc3ccccc3)[C@H](OCc3ccccc3)[C@H]2N2C(=O)c3ccccc3C2=O)cc1. The van der Waals surface area contributed by atoms with Gasteiger partial charge >= 0.3 is 0 Å². The first-order valence-electron chi connectivity index (χ1n) is 14.3. The molecule has 4 aromatic rings. The molecule has 0 radical (unpaired) electrons. The number of carbonyl (C=O) groups excluding carboxylic acids is 2. The second-order valence-corrected chi connectivity index (χ2v) is 11.9. The number of thioether (sulfide) groups is 1. The molecule has 1 fully saturated rings. The van der Waals surface area contributed by atoms with E-state index in [4.69, 9.17) is 14.2 Å². The van der Waals surface area contributed by atoms with Gasteiger partial charge in [0.15, 0.2) is 0 Å². The number of nitrogens with zero attached hydrogens (tertiary/aromatic N) is 1. The van der Waals surface area contributed by atoms with Crippen LogP contribution in [-0.2, 0) is 27.4 Å². The lowest BCUT2D eigenvalue weighted by Gasteiger charge is -2.48. The van der Waals surface area contributed by atoms with Crippen molar-refractivity contribution in [3.05, 3.63) is 137 Å². The van der Waals surface area contributed by atoms with Crippen molar-refractivity contribution < 1.29 is 28.9 Å². The molecule has 7 nitrogen and oxygen atoms in total. The molecular formula is C35H33NO6S. The van der Waals surface area contributed by atoms with E-state index in [0.29, 0.717) is 11.1 Å². The maximum Gasteiger partial charge on any atom is 0.262 e. The summed E-state index contributed by atoms with van der Waals surface area (Å²) in [4.78, 5) is 30.0. The molecule has 0 unspecified atom stereocenters. The lowest BCUT2D eigenvalue weighted by Crippen LogP contribution is -2.65. The molecule has 0 aliphatic carbocycles. The predicted octanol–water partition coefficient (Wildman–Crippen LogP) is 5.64. The van der Waals surface area contributed by atoms with Crippen LogP contribution in [0.2, 0.25) is 0 Å². The fourth-order valence-corrected chi connectivity index (χ4v) is 6.74. The number of hydrogen-bond acceptors (Lipinski definition) is 7. The summed E-state index contributed by atoms with van der Waals surface area (Å²) < 4.78 is 19.6. The number of aliphatic hydroxyl groups is 1. The highest BCUT2D eigenvalue weighted by Crippen LogP contribution is 2.41. The van der Waals surface area contributed by atoms with E-state index >= 15 is 0 Å². The summed E-state index contributed by atoms with van der Waals surface area (Å²) in [5, 5.41) is 10.6. The fraction of sp³-hybridized carbons (Fsp3) is 0.257. The molecule has 0 aromatic heterocycles. The number of carbonyl (C=O) groups is 2. The summed E-state index contributed by atoms with van der Waals surface area (Å²) in [6.45, 7) is 2.14. The number of fused-ring (bicyclic) bond motifs is 1. The molecule has 1 saturated heterocycles. The molecule has 6 rings (SSSR count). The number of amides is 2. The van der Waals surface area contributed by atoms with Crippen LogP contribution >= 0.6 is 11.8 Å². The van der Waals surface area contributed by atoms with E-state index in [2.05, 4.69) is 0 Å². The Bertz CT molecular complexity index is 1510. The van der Waals surface area contributed by atoms with Crippen molar-refractivity contribution in [1.29, 1.82) is 0 Å². The molecule has 2 aliphatic rings. The molecule has 0 saturated carbocycles. The summed E-state index contributed by atoms with van der Waals surface area (Å²) in [7, 11) is 0. The van der Waals surface area contributed by atoms with E-state index in [0.717, 1.165) is 21.6 Å². The number of benzene rings is 4. The highest BCUT2D eigenvalue weighted by molar-refractivity contribution is 7.99. The number of rotatable bonds is 10. The zero-order valence-corrected chi connectivity index (χ0v) is 24.6. The number of aryl methyl sites for hydroxylation is 1. The van der Waals surface area contributed by atoms with Crippen LogP contribution in [0.1, 0.15) is 37.4 Å². The van der Waals surface area contributed by atoms with Gasteiger partial charge in [-0.05, 0) is 42.3 Å². The van der Waals surface area contributed by atoms with Crippen molar-refractivity contribution in [2.24, 2.45) is 0 Å². The summed E-state index contributed by atoms with van der Waals surface area (Å²) >= 11 is 1.40. The maximum atomic E-state index is 13.9. The molecule has 1 N–H and O–H groups in total. The monoisotopic (exact) mass is 595 g/mol. The highest BCUT2D eigenvalue weighted by atomic mass is 32.2. The standard InChI is InChI=1S/C35H33NO6S/c1-23-16-18-26(19-17-23)43-35-30(36-33(38)27-14-8-9-15-28(27)34(36)39)32(41-22-25-12-6-3-7-13-25)31(29(20-37)42-35)40-21-24-10-4-2-5-11-24/h2-19,29-32,35,37H,20-22H2,1H3/t29-,30-,31-,32-,35+/m1/s1. The Morgan fingerprint density at radius 3 is 1.77 bits per heavy atom. The molecule has 4 aromatic carbocycles. The van der Waals surface area contributed by atoms with E-state index in [-0.39, 0.29) is 19.8 Å². The minimum Gasteiger partial charge on any atom is -0.394 e. The third-order valence-electron chi connectivity index (χ3n) is 7.76. The molecule has 5 atom stereocenters. The van der Waals surface area contributed by atoms with E-state index in [1.165, 1.54) is 16.7 Å². The summed E-state index contributed by atoms with van der Waals surface area (Å²) in [5.41, 5.74) is 2.94. The van der Waals surface area contributed by atoms with Gasteiger partial charge in [-0.15, -0.1) is 0 Å². The van der Waals surface area contributed by atoms with E-state index in [9.17, 15) is 14.7 Å². The summed E-state index contributed by atoms with van der Waals surface area (Å²) in [6, 6.07) is 33.3. The van der Waals surface area contributed by atoms with Crippen LogP contribution in [-0.4, -0.2) is 58.2 Å². The van der Waals surface area contributed by atoms with Gasteiger partial charge in [-0.2, -0.15) is 0 Å². The largest absolute Gasteiger partial charge is 0.394 e. The van der Waals surface area contributed by atoms with Crippen LogP contribution in [0.4, 0.5) is 0 Å². The third kappa shape index (κ3) is 6.30. The lowest BCUT2D eigenvalue weighted by molar-refractivity contribution is -0.219. The molecule has 43 heavy (non-hydrogen) atoms. The van der Waals surface area contributed by atoms with Gasteiger partial charge < -0.3 is 19.3 Å². The predicted molar refractivity (Wildman–Crippen MR) is 164 cm³/mol. The average Bonchev–Trinajstić information content (AvgIpc) is 3.30. The van der Waals surface area contributed by atoms with Crippen molar-refractivity contribution in [3.63, 3.8) is 0 Å². The van der Waals surface area contributed by atoms with Gasteiger partial charge in [0, 0.05) is 4.90 Å². The number of aliphatic hydroxyl groups excluding tert-OH is 1. The number of hydrogen-bond donors (Lipinski definition) is 1. The van der Waals surface area contributed by atoms with E-state index in [1.54, 1.807) is 24.3 Å². The summed E-state index contributed by atoms with van der Waals surface area (Å²) in [6.07, 6.45) is -2.35. The number of ether oxygens (including phenoxy) is 3. The number of imide groups is 1. The normalized spacial score (nSPS) is 23.4. The molecule has 8 heteroatoms. The van der Waals surface area contributed by atoms with Crippen LogP contribution in [0.15, 0.2) is 114 Å². The zero-order valence-electron chi connectivity index (χ0n) is 23.7. The molecule has 220 valence electrons. The molecular weight excluding hydrogens is 562 g/mol. The molecule has 2 amide bonds. The Kier molecular flexibility index (Phi) is 9.02. The van der Waals surface area contributed by atoms with Gasteiger partial charge in [0.05, 0.1) is 30.9 Å². The lowest BCUT2D eigenvalue weighted by atomic mass is 9.95. The van der Waals surface area contributed by atoms with Crippen molar-refractivity contribution >= 4 is 23.6 Å². The van der Waals surface area contributed by atoms with Crippen molar-refractivity contribution in [2.45, 2.75) is 54.8 Å². The fourth-order valence-electron chi connectivity index (χ4n) is 5.56. The zero-order chi connectivity index (χ0) is 29.8. The van der Waals surface area contributed by atoms with Crippen molar-refractivity contribution in [3.8, 4) is 0 Å². The topological polar surface area (TPSA) is 85.3 Å². The van der Waals surface area contributed by atoms with Crippen LogP contribution in [0, 0.1) is 6.92 Å². The first-order valence-corrected chi connectivity index (χ1v) is 15.2. The van der Waals surface area contributed by atoms with Crippen LogP contribution < -0.4 is 0 Å². The molecule has 0 bridgehead atoms. The molecule has 2 aliphatic heterocycles. The van der Waals surface area contributed by atoms with Crippen molar-refractivity contribution in [2.75, 3.05) is 6.61 Å². The second kappa shape index (κ2) is 13.2. The van der Waals surface area contributed by atoms with Crippen LogP contribution in [0.3, 0.4) is 0 Å². The van der Waals surface area contributed by atoms with Crippen LogP contribution in [0.5, 0.6) is 0 Å². The minimum atomic E-state index is -0.856. The first-order chi connectivity index (χ1) is 21.0. The quantitative estimate of drug-likeness (QED) is 0.238. The highest BCUT2D eigenvalue weighted by Gasteiger charge is 2.55. The Morgan fingerprint density at radius 1 is 0.721 bits per heavy atom. The Balaban J connectivity index is 1.41. The van der Waals surface area contributed by atoms with E-state index < -0.39 is 41.6 Å². The van der Waals surface area contributed by atoms with Gasteiger partial charge in [0.1, 0.15) is 29.8 Å². The van der Waals surface area contributed by atoms with Gasteiger partial charge in [0.25, 0.3) is 11.8 Å². The Morgan fingerprint density at radius 2 is 1.23 bits per heavy atom. The molecule has 2 heterocycles.